The normalized spacial score (nSPS) is 13.2. The molecular weight excluding hydrogens is 355 g/mol. The minimum atomic E-state index is -0.419. The van der Waals surface area contributed by atoms with Crippen molar-refractivity contribution in [3.8, 4) is 5.69 Å². The molecule has 1 saturated carbocycles. The van der Waals surface area contributed by atoms with Gasteiger partial charge in [-0.1, -0.05) is 0 Å². The second-order valence-corrected chi connectivity index (χ2v) is 6.25. The molecule has 1 fully saturated rings. The molecule has 134 valence electrons. The highest BCUT2D eigenvalue weighted by atomic mass is 35.5. The van der Waals surface area contributed by atoms with Crippen molar-refractivity contribution in [2.45, 2.75) is 25.7 Å². The third kappa shape index (κ3) is 3.60. The Morgan fingerprint density at radius 3 is 2.58 bits per heavy atom. The van der Waals surface area contributed by atoms with Crippen molar-refractivity contribution in [1.82, 2.24) is 14.8 Å². The number of anilines is 1. The molecule has 1 aliphatic rings. The van der Waals surface area contributed by atoms with E-state index in [1.807, 2.05) is 13.0 Å². The Balaban J connectivity index is 0.00000196. The summed E-state index contributed by atoms with van der Waals surface area (Å²) in [5.41, 5.74) is 3.19. The van der Waals surface area contributed by atoms with Gasteiger partial charge in [-0.05, 0) is 56.2 Å². The van der Waals surface area contributed by atoms with Crippen molar-refractivity contribution in [3.63, 3.8) is 0 Å². The first-order chi connectivity index (χ1) is 12.1. The van der Waals surface area contributed by atoms with Crippen molar-refractivity contribution >= 4 is 24.0 Å². The largest absolute Gasteiger partial charge is 0.322 e. The van der Waals surface area contributed by atoms with Crippen LogP contribution >= 0.6 is 12.4 Å². The second kappa shape index (κ2) is 7.25. The molecule has 1 amide bonds. The lowest BCUT2D eigenvalue weighted by molar-refractivity contribution is 0.102. The van der Waals surface area contributed by atoms with Gasteiger partial charge in [-0.3, -0.25) is 9.78 Å². The van der Waals surface area contributed by atoms with Crippen molar-refractivity contribution < 1.29 is 9.18 Å². The van der Waals surface area contributed by atoms with Gasteiger partial charge < -0.3 is 5.32 Å². The maximum Gasteiger partial charge on any atom is 0.255 e. The van der Waals surface area contributed by atoms with E-state index in [2.05, 4.69) is 15.4 Å². The Morgan fingerprint density at radius 1 is 1.19 bits per heavy atom. The highest BCUT2D eigenvalue weighted by Crippen LogP contribution is 2.41. The van der Waals surface area contributed by atoms with Crippen LogP contribution in [0.4, 0.5) is 10.1 Å². The average molecular weight is 373 g/mol. The van der Waals surface area contributed by atoms with E-state index >= 15 is 0 Å². The van der Waals surface area contributed by atoms with Crippen molar-refractivity contribution in [2.75, 3.05) is 5.32 Å². The highest BCUT2D eigenvalue weighted by molar-refractivity contribution is 6.04. The summed E-state index contributed by atoms with van der Waals surface area (Å²) in [6.07, 6.45) is 5.32. The molecule has 0 spiro atoms. The van der Waals surface area contributed by atoms with E-state index in [1.54, 1.807) is 28.9 Å². The summed E-state index contributed by atoms with van der Waals surface area (Å²) in [6, 6.07) is 9.88. The molecule has 2 aromatic heterocycles. The number of aryl methyl sites for hydroxylation is 1. The number of aromatic nitrogens is 3. The molecule has 26 heavy (non-hydrogen) atoms. The number of carbonyl (C=O) groups excluding carboxylic acids is 1. The lowest BCUT2D eigenvalue weighted by Crippen LogP contribution is -2.12. The fraction of sp³-hybridized carbons (Fsp3) is 0.211. The number of hydrogen-bond donors (Lipinski definition) is 1. The van der Waals surface area contributed by atoms with Crippen LogP contribution in [0.15, 0.2) is 48.8 Å². The van der Waals surface area contributed by atoms with Gasteiger partial charge in [0.2, 0.25) is 0 Å². The number of benzene rings is 1. The zero-order chi connectivity index (χ0) is 17.4. The second-order valence-electron chi connectivity index (χ2n) is 6.25. The molecule has 0 aliphatic heterocycles. The van der Waals surface area contributed by atoms with Gasteiger partial charge in [-0.2, -0.15) is 5.10 Å². The molecule has 0 bridgehead atoms. The van der Waals surface area contributed by atoms with Gasteiger partial charge in [0.05, 0.1) is 5.69 Å². The van der Waals surface area contributed by atoms with Crippen LogP contribution in [0.5, 0.6) is 0 Å². The predicted molar refractivity (Wildman–Crippen MR) is 99.7 cm³/mol. The predicted octanol–water partition coefficient (Wildman–Crippen LogP) is 4.27. The van der Waals surface area contributed by atoms with Crippen molar-refractivity contribution in [2.24, 2.45) is 0 Å². The van der Waals surface area contributed by atoms with E-state index in [0.717, 1.165) is 24.2 Å². The number of nitrogens with zero attached hydrogens (tertiary/aromatic N) is 3. The van der Waals surface area contributed by atoms with Crippen molar-refractivity contribution in [1.29, 1.82) is 0 Å². The molecule has 0 atom stereocenters. The van der Waals surface area contributed by atoms with E-state index in [-0.39, 0.29) is 18.3 Å². The van der Waals surface area contributed by atoms with Gasteiger partial charge in [0, 0.05) is 35.3 Å². The lowest BCUT2D eigenvalue weighted by Gasteiger charge is -2.10. The number of rotatable bonds is 4. The molecule has 1 aliphatic carbocycles. The van der Waals surface area contributed by atoms with Crippen LogP contribution in [0.2, 0.25) is 0 Å². The van der Waals surface area contributed by atoms with Crippen LogP contribution in [-0.2, 0) is 0 Å². The van der Waals surface area contributed by atoms with Crippen LogP contribution < -0.4 is 5.32 Å². The molecule has 1 N–H and O–H groups in total. The Labute approximate surface area is 156 Å². The summed E-state index contributed by atoms with van der Waals surface area (Å²) in [6.45, 7) is 1.91. The minimum Gasteiger partial charge on any atom is -0.322 e. The van der Waals surface area contributed by atoms with Crippen LogP contribution in [0.25, 0.3) is 5.69 Å². The Hall–Kier alpha value is -2.73. The smallest absolute Gasteiger partial charge is 0.255 e. The summed E-state index contributed by atoms with van der Waals surface area (Å²) in [5, 5.41) is 7.12. The third-order valence-corrected chi connectivity index (χ3v) is 4.23. The molecule has 3 aromatic rings. The summed E-state index contributed by atoms with van der Waals surface area (Å²) in [5.74, 6) is -0.257. The van der Waals surface area contributed by atoms with E-state index in [9.17, 15) is 9.18 Å². The van der Waals surface area contributed by atoms with Gasteiger partial charge in [-0.25, -0.2) is 9.07 Å². The molecule has 1 aromatic carbocycles. The third-order valence-electron chi connectivity index (χ3n) is 4.23. The van der Waals surface area contributed by atoms with E-state index < -0.39 is 5.82 Å². The van der Waals surface area contributed by atoms with E-state index in [4.69, 9.17) is 0 Å². The molecule has 4 rings (SSSR count). The van der Waals surface area contributed by atoms with Gasteiger partial charge in [0.15, 0.2) is 5.82 Å². The summed E-state index contributed by atoms with van der Waals surface area (Å²) >= 11 is 0. The Morgan fingerprint density at radius 2 is 1.92 bits per heavy atom. The maximum absolute atomic E-state index is 14.6. The Kier molecular flexibility index (Phi) is 5.04. The first-order valence-electron chi connectivity index (χ1n) is 8.19. The fourth-order valence-electron chi connectivity index (χ4n) is 2.85. The van der Waals surface area contributed by atoms with Crippen LogP contribution in [0.1, 0.15) is 40.5 Å². The zero-order valence-electron chi connectivity index (χ0n) is 14.1. The number of nitrogens with one attached hydrogen (secondary N) is 1. The van der Waals surface area contributed by atoms with Crippen LogP contribution in [0.3, 0.4) is 0 Å². The number of pyridine rings is 1. The van der Waals surface area contributed by atoms with E-state index in [1.165, 1.54) is 18.5 Å². The highest BCUT2D eigenvalue weighted by Gasteiger charge is 2.28. The standard InChI is InChI=1S/C19H17FN4O.ClH/c1-12-10-18(13-2-3-13)24(23-12)17-5-4-15(11-16(17)20)22-19(25)14-6-8-21-9-7-14;/h4-11,13H,2-3H2,1H3,(H,22,25);1H. The van der Waals surface area contributed by atoms with Gasteiger partial charge in [0.1, 0.15) is 5.69 Å². The molecule has 5 nitrogen and oxygen atoms in total. The van der Waals surface area contributed by atoms with E-state index in [0.29, 0.717) is 22.9 Å². The van der Waals surface area contributed by atoms with Crippen LogP contribution in [-0.4, -0.2) is 20.7 Å². The first-order valence-corrected chi connectivity index (χ1v) is 8.19. The fourth-order valence-corrected chi connectivity index (χ4v) is 2.85. The molecule has 2 heterocycles. The summed E-state index contributed by atoms with van der Waals surface area (Å²) in [7, 11) is 0. The quantitative estimate of drug-likeness (QED) is 0.744. The summed E-state index contributed by atoms with van der Waals surface area (Å²) in [4.78, 5) is 16.0. The molecule has 0 unspecified atom stereocenters. The van der Waals surface area contributed by atoms with Crippen LogP contribution in [0, 0.1) is 12.7 Å². The zero-order valence-corrected chi connectivity index (χ0v) is 15.0. The number of carbonyl (C=O) groups is 1. The van der Waals surface area contributed by atoms with Gasteiger partial charge in [-0.15, -0.1) is 12.4 Å². The van der Waals surface area contributed by atoms with Gasteiger partial charge in [0.25, 0.3) is 5.91 Å². The molecule has 0 saturated heterocycles. The topological polar surface area (TPSA) is 59.8 Å². The molecule has 0 radical (unpaired) electrons. The Bertz CT molecular complexity index is 938. The first kappa shape index (κ1) is 18.1. The number of hydrogen-bond acceptors (Lipinski definition) is 3. The van der Waals surface area contributed by atoms with Gasteiger partial charge >= 0.3 is 0 Å². The SMILES string of the molecule is Cc1cc(C2CC2)n(-c2ccc(NC(=O)c3ccncc3)cc2F)n1.Cl. The molecular formula is C19H18ClFN4O. The average Bonchev–Trinajstić information content (AvgIpc) is 3.38. The monoisotopic (exact) mass is 372 g/mol. The number of amides is 1. The number of halogens is 2. The minimum absolute atomic E-state index is 0. The van der Waals surface area contributed by atoms with Crippen molar-refractivity contribution in [3.05, 3.63) is 71.6 Å². The maximum atomic E-state index is 14.6. The lowest BCUT2D eigenvalue weighted by atomic mass is 10.2. The molecule has 7 heteroatoms. The summed E-state index contributed by atoms with van der Waals surface area (Å²) < 4.78 is 16.3.